The SMILES string of the molecule is CCOc1ccc(N2C(=O)/C(=C\c3ccc(OC)c(COc4ccc(OC)cc4)c3)NC2=S)cc1. The molecular weight excluding hydrogens is 464 g/mol. The van der Waals surface area contributed by atoms with Crippen LogP contribution in [0.25, 0.3) is 6.08 Å². The van der Waals surface area contributed by atoms with Crippen LogP contribution in [0.4, 0.5) is 5.69 Å². The van der Waals surface area contributed by atoms with E-state index >= 15 is 0 Å². The van der Waals surface area contributed by atoms with Crippen LogP contribution in [-0.2, 0) is 11.4 Å². The summed E-state index contributed by atoms with van der Waals surface area (Å²) in [7, 11) is 3.23. The third kappa shape index (κ3) is 5.55. The van der Waals surface area contributed by atoms with E-state index in [1.54, 1.807) is 20.3 Å². The van der Waals surface area contributed by atoms with Crippen molar-refractivity contribution in [1.29, 1.82) is 0 Å². The first-order chi connectivity index (χ1) is 17.0. The normalized spacial score (nSPS) is 14.1. The van der Waals surface area contributed by atoms with E-state index in [4.69, 9.17) is 31.2 Å². The Morgan fingerprint density at radius 2 is 1.54 bits per heavy atom. The average Bonchev–Trinajstić information content (AvgIpc) is 3.16. The van der Waals surface area contributed by atoms with Gasteiger partial charge in [0.1, 0.15) is 35.3 Å². The number of nitrogens with zero attached hydrogens (tertiary/aromatic N) is 1. The van der Waals surface area contributed by atoms with E-state index in [0.717, 1.165) is 22.6 Å². The van der Waals surface area contributed by atoms with Gasteiger partial charge in [-0.05, 0) is 91.4 Å². The Balaban J connectivity index is 1.52. The Morgan fingerprint density at radius 3 is 2.20 bits per heavy atom. The highest BCUT2D eigenvalue weighted by Gasteiger charge is 2.32. The van der Waals surface area contributed by atoms with Crippen molar-refractivity contribution in [1.82, 2.24) is 5.32 Å². The number of hydrogen-bond acceptors (Lipinski definition) is 6. The molecule has 1 amide bonds. The van der Waals surface area contributed by atoms with Crippen molar-refractivity contribution in [3.8, 4) is 23.0 Å². The van der Waals surface area contributed by atoms with Gasteiger partial charge in [0.05, 0.1) is 26.5 Å². The van der Waals surface area contributed by atoms with Gasteiger partial charge < -0.3 is 24.3 Å². The maximum absolute atomic E-state index is 13.1. The van der Waals surface area contributed by atoms with Gasteiger partial charge in [-0.3, -0.25) is 9.69 Å². The van der Waals surface area contributed by atoms with E-state index in [0.29, 0.717) is 41.2 Å². The second-order valence-electron chi connectivity index (χ2n) is 7.59. The van der Waals surface area contributed by atoms with Crippen LogP contribution in [0.3, 0.4) is 0 Å². The summed E-state index contributed by atoms with van der Waals surface area (Å²) in [6.07, 6.45) is 1.76. The van der Waals surface area contributed by atoms with E-state index in [2.05, 4.69) is 5.32 Å². The molecule has 3 aromatic rings. The molecule has 0 unspecified atom stereocenters. The number of anilines is 1. The van der Waals surface area contributed by atoms with E-state index in [1.807, 2.05) is 73.7 Å². The van der Waals surface area contributed by atoms with Gasteiger partial charge in [0.2, 0.25) is 0 Å². The van der Waals surface area contributed by atoms with Crippen molar-refractivity contribution < 1.29 is 23.7 Å². The minimum atomic E-state index is -0.231. The van der Waals surface area contributed by atoms with Crippen LogP contribution in [0.15, 0.2) is 72.4 Å². The standard InChI is InChI=1S/C27H26N2O5S/c1-4-33-22-8-6-20(7-9-22)29-26(30)24(28-27(29)35)16-18-5-14-25(32-3)19(15-18)17-34-23-12-10-21(31-2)11-13-23/h5-16H,4,17H2,1-3H3,(H,28,35)/b24-16+. The zero-order valence-corrected chi connectivity index (χ0v) is 20.6. The molecule has 0 saturated carbocycles. The molecule has 1 saturated heterocycles. The maximum atomic E-state index is 13.1. The molecule has 1 aliphatic rings. The fourth-order valence-corrected chi connectivity index (χ4v) is 3.93. The monoisotopic (exact) mass is 490 g/mol. The largest absolute Gasteiger partial charge is 0.497 e. The predicted octanol–water partition coefficient (Wildman–Crippen LogP) is 4.94. The van der Waals surface area contributed by atoms with Crippen LogP contribution in [0.1, 0.15) is 18.1 Å². The molecule has 0 atom stereocenters. The lowest BCUT2D eigenvalue weighted by atomic mass is 10.1. The number of nitrogens with one attached hydrogen (secondary N) is 1. The third-order valence-corrected chi connectivity index (χ3v) is 5.64. The van der Waals surface area contributed by atoms with Crippen LogP contribution in [0.5, 0.6) is 23.0 Å². The fourth-order valence-electron chi connectivity index (χ4n) is 3.63. The molecule has 1 aliphatic heterocycles. The van der Waals surface area contributed by atoms with E-state index in [1.165, 1.54) is 4.90 Å². The minimum absolute atomic E-state index is 0.231. The van der Waals surface area contributed by atoms with Crippen molar-refractivity contribution in [2.24, 2.45) is 0 Å². The molecule has 180 valence electrons. The van der Waals surface area contributed by atoms with E-state index in [9.17, 15) is 4.79 Å². The Kier molecular flexibility index (Phi) is 7.52. The molecule has 4 rings (SSSR count). The van der Waals surface area contributed by atoms with Gasteiger partial charge in [0.15, 0.2) is 5.11 Å². The zero-order chi connectivity index (χ0) is 24.8. The quantitative estimate of drug-likeness (QED) is 0.336. The number of carbonyl (C=O) groups is 1. The summed E-state index contributed by atoms with van der Waals surface area (Å²) in [6, 6.07) is 20.2. The molecule has 0 spiro atoms. The second kappa shape index (κ2) is 10.9. The van der Waals surface area contributed by atoms with Gasteiger partial charge in [-0.15, -0.1) is 0 Å². The van der Waals surface area contributed by atoms with Crippen molar-refractivity contribution in [2.45, 2.75) is 13.5 Å². The summed E-state index contributed by atoms with van der Waals surface area (Å²) in [4.78, 5) is 14.6. The molecule has 0 aliphatic carbocycles. The topological polar surface area (TPSA) is 69.3 Å². The maximum Gasteiger partial charge on any atom is 0.281 e. The van der Waals surface area contributed by atoms with Crippen LogP contribution in [-0.4, -0.2) is 31.8 Å². The lowest BCUT2D eigenvalue weighted by Crippen LogP contribution is -2.30. The smallest absolute Gasteiger partial charge is 0.281 e. The summed E-state index contributed by atoms with van der Waals surface area (Å²) in [5.41, 5.74) is 2.71. The second-order valence-corrected chi connectivity index (χ2v) is 7.98. The van der Waals surface area contributed by atoms with Crippen LogP contribution in [0, 0.1) is 0 Å². The third-order valence-electron chi connectivity index (χ3n) is 5.35. The van der Waals surface area contributed by atoms with Crippen molar-refractivity contribution in [3.63, 3.8) is 0 Å². The lowest BCUT2D eigenvalue weighted by molar-refractivity contribution is -0.113. The summed E-state index contributed by atoms with van der Waals surface area (Å²) in [5, 5.41) is 3.34. The molecule has 7 nitrogen and oxygen atoms in total. The van der Waals surface area contributed by atoms with Gasteiger partial charge in [0, 0.05) is 5.56 Å². The number of amides is 1. The number of hydrogen-bond donors (Lipinski definition) is 1. The number of ether oxygens (including phenoxy) is 4. The fraction of sp³-hybridized carbons (Fsp3) is 0.185. The van der Waals surface area contributed by atoms with Gasteiger partial charge in [-0.25, -0.2) is 0 Å². The van der Waals surface area contributed by atoms with Gasteiger partial charge in [-0.2, -0.15) is 0 Å². The Labute approximate surface area is 209 Å². The van der Waals surface area contributed by atoms with E-state index < -0.39 is 0 Å². The van der Waals surface area contributed by atoms with Crippen LogP contribution >= 0.6 is 12.2 Å². The number of thiocarbonyl (C=S) groups is 1. The van der Waals surface area contributed by atoms with E-state index in [-0.39, 0.29) is 5.91 Å². The van der Waals surface area contributed by atoms with Gasteiger partial charge in [0.25, 0.3) is 5.91 Å². The van der Waals surface area contributed by atoms with Crippen LogP contribution in [0.2, 0.25) is 0 Å². The molecule has 0 aromatic heterocycles. The first-order valence-corrected chi connectivity index (χ1v) is 11.5. The van der Waals surface area contributed by atoms with Crippen molar-refractivity contribution >= 4 is 35.0 Å². The minimum Gasteiger partial charge on any atom is -0.497 e. The first-order valence-electron chi connectivity index (χ1n) is 11.1. The number of benzene rings is 3. The molecule has 0 bridgehead atoms. The summed E-state index contributed by atoms with van der Waals surface area (Å²) < 4.78 is 22.1. The number of methoxy groups -OCH3 is 2. The zero-order valence-electron chi connectivity index (χ0n) is 19.7. The van der Waals surface area contributed by atoms with Crippen LogP contribution < -0.4 is 29.2 Å². The number of rotatable bonds is 9. The molecule has 8 heteroatoms. The molecule has 35 heavy (non-hydrogen) atoms. The number of carbonyl (C=O) groups excluding carboxylic acids is 1. The lowest BCUT2D eigenvalue weighted by Gasteiger charge is -2.14. The summed E-state index contributed by atoms with van der Waals surface area (Å²) >= 11 is 5.43. The Bertz CT molecular complexity index is 1240. The highest BCUT2D eigenvalue weighted by Crippen LogP contribution is 2.27. The molecule has 3 aromatic carbocycles. The van der Waals surface area contributed by atoms with Crippen molar-refractivity contribution in [3.05, 3.63) is 83.6 Å². The molecule has 1 N–H and O–H groups in total. The highest BCUT2D eigenvalue weighted by atomic mass is 32.1. The Hall–Kier alpha value is -4.04. The predicted molar refractivity (Wildman–Crippen MR) is 139 cm³/mol. The van der Waals surface area contributed by atoms with Crippen molar-refractivity contribution in [2.75, 3.05) is 25.7 Å². The average molecular weight is 491 g/mol. The molecule has 1 heterocycles. The molecule has 1 fully saturated rings. The highest BCUT2D eigenvalue weighted by molar-refractivity contribution is 7.80. The summed E-state index contributed by atoms with van der Waals surface area (Å²) in [6.45, 7) is 2.79. The van der Waals surface area contributed by atoms with Gasteiger partial charge in [-0.1, -0.05) is 6.07 Å². The van der Waals surface area contributed by atoms with Gasteiger partial charge >= 0.3 is 0 Å². The Morgan fingerprint density at radius 1 is 0.886 bits per heavy atom. The molecular formula is C27H26N2O5S. The first kappa shape index (κ1) is 24.1. The summed E-state index contributed by atoms with van der Waals surface area (Å²) in [5.74, 6) is 2.67. The molecule has 0 radical (unpaired) electrons.